The van der Waals surface area contributed by atoms with Gasteiger partial charge in [0.15, 0.2) is 6.04 Å². The van der Waals surface area contributed by atoms with Crippen molar-refractivity contribution in [1.29, 1.82) is 0 Å². The zero-order chi connectivity index (χ0) is 17.4. The number of rotatable bonds is 5. The minimum atomic E-state index is -1.03. The lowest BCUT2D eigenvalue weighted by molar-refractivity contribution is -0.142. The highest BCUT2D eigenvalue weighted by molar-refractivity contribution is 7.10. The Hall–Kier alpha value is -2.14. The van der Waals surface area contributed by atoms with E-state index >= 15 is 0 Å². The Balaban J connectivity index is 1.74. The summed E-state index contributed by atoms with van der Waals surface area (Å²) < 4.78 is 0. The van der Waals surface area contributed by atoms with Crippen LogP contribution in [0.5, 0.6) is 0 Å². The summed E-state index contributed by atoms with van der Waals surface area (Å²) in [5, 5.41) is 14.3. The Kier molecular flexibility index (Phi) is 4.45. The molecule has 0 radical (unpaired) electrons. The van der Waals surface area contributed by atoms with Crippen molar-refractivity contribution in [2.75, 3.05) is 0 Å². The number of amides is 1. The summed E-state index contributed by atoms with van der Waals surface area (Å²) in [6.45, 7) is 5.90. The predicted molar refractivity (Wildman–Crippen MR) is 94.3 cm³/mol. The molecule has 1 heterocycles. The maximum atomic E-state index is 12.5. The van der Waals surface area contributed by atoms with E-state index in [0.717, 1.165) is 17.5 Å². The van der Waals surface area contributed by atoms with Gasteiger partial charge in [0.2, 0.25) is 5.91 Å². The number of aliphatic carboxylic acids is 1. The van der Waals surface area contributed by atoms with Crippen LogP contribution < -0.4 is 5.32 Å². The van der Waals surface area contributed by atoms with E-state index < -0.39 is 12.0 Å². The Morgan fingerprint density at radius 2 is 1.88 bits per heavy atom. The van der Waals surface area contributed by atoms with Crippen molar-refractivity contribution in [3.8, 4) is 0 Å². The molecule has 2 aromatic rings. The van der Waals surface area contributed by atoms with Crippen molar-refractivity contribution in [2.24, 2.45) is 5.92 Å². The fourth-order valence-corrected chi connectivity index (χ4v) is 4.36. The maximum Gasteiger partial charge on any atom is 0.330 e. The van der Waals surface area contributed by atoms with Crippen LogP contribution in [0.1, 0.15) is 45.5 Å². The quantitative estimate of drug-likeness (QED) is 0.869. The van der Waals surface area contributed by atoms with E-state index in [1.54, 1.807) is 11.3 Å². The predicted octanol–water partition coefficient (Wildman–Crippen LogP) is 3.72. The van der Waals surface area contributed by atoms with E-state index in [0.29, 0.717) is 5.56 Å². The lowest BCUT2D eigenvalue weighted by Crippen LogP contribution is -2.35. The van der Waals surface area contributed by atoms with Crippen molar-refractivity contribution < 1.29 is 14.7 Å². The van der Waals surface area contributed by atoms with Crippen molar-refractivity contribution >= 4 is 23.2 Å². The average molecular weight is 343 g/mol. The molecular formula is C19H21NO3S. The van der Waals surface area contributed by atoms with Crippen LogP contribution in [0, 0.1) is 26.7 Å². The zero-order valence-corrected chi connectivity index (χ0v) is 14.8. The van der Waals surface area contributed by atoms with Gasteiger partial charge in [-0.05, 0) is 49.8 Å². The summed E-state index contributed by atoms with van der Waals surface area (Å²) in [7, 11) is 0. The number of carboxylic acid groups (broad SMARTS) is 1. The van der Waals surface area contributed by atoms with Crippen molar-refractivity contribution in [3.63, 3.8) is 0 Å². The van der Waals surface area contributed by atoms with Gasteiger partial charge in [-0.2, -0.15) is 0 Å². The Labute approximate surface area is 145 Å². The molecule has 0 saturated heterocycles. The van der Waals surface area contributed by atoms with Crippen molar-refractivity contribution in [2.45, 2.75) is 39.2 Å². The number of hydrogen-bond donors (Lipinski definition) is 2. The standard InChI is InChI=1S/C19H21NO3S/c1-10-6-11(2)8-13(7-10)16(19(22)23)20-18(21)15-9-14(15)17-12(3)4-5-24-17/h4-8,14-16H,9H2,1-3H3,(H,20,21)(H,22,23). The van der Waals surface area contributed by atoms with Crippen molar-refractivity contribution in [1.82, 2.24) is 5.32 Å². The second-order valence-electron chi connectivity index (χ2n) is 6.62. The molecule has 1 aromatic carbocycles. The number of hydrogen-bond acceptors (Lipinski definition) is 3. The van der Waals surface area contributed by atoms with E-state index in [1.807, 2.05) is 37.4 Å². The number of carbonyl (C=O) groups excluding carboxylic acids is 1. The summed E-state index contributed by atoms with van der Waals surface area (Å²) >= 11 is 1.67. The highest BCUT2D eigenvalue weighted by atomic mass is 32.1. The molecule has 0 aliphatic heterocycles. The molecule has 3 rings (SSSR count). The molecule has 2 N–H and O–H groups in total. The molecule has 5 heteroatoms. The number of nitrogens with one attached hydrogen (secondary N) is 1. The van der Waals surface area contributed by atoms with Gasteiger partial charge in [-0.15, -0.1) is 11.3 Å². The smallest absolute Gasteiger partial charge is 0.330 e. The van der Waals surface area contributed by atoms with Crippen LogP contribution in [0.4, 0.5) is 0 Å². The van der Waals surface area contributed by atoms with Crippen LogP contribution in [0.3, 0.4) is 0 Å². The maximum absolute atomic E-state index is 12.5. The van der Waals surface area contributed by atoms with Gasteiger partial charge in [-0.1, -0.05) is 29.3 Å². The van der Waals surface area contributed by atoms with Crippen LogP contribution in [0.25, 0.3) is 0 Å². The second-order valence-corrected chi connectivity index (χ2v) is 7.57. The second kappa shape index (κ2) is 6.40. The molecule has 1 amide bonds. The Morgan fingerprint density at radius 1 is 1.21 bits per heavy atom. The third-order valence-electron chi connectivity index (χ3n) is 4.48. The van der Waals surface area contributed by atoms with E-state index in [4.69, 9.17) is 0 Å². The van der Waals surface area contributed by atoms with Crippen LogP contribution in [-0.4, -0.2) is 17.0 Å². The minimum Gasteiger partial charge on any atom is -0.479 e. The van der Waals surface area contributed by atoms with E-state index in [9.17, 15) is 14.7 Å². The van der Waals surface area contributed by atoms with Gasteiger partial charge in [0.25, 0.3) is 0 Å². The molecule has 4 nitrogen and oxygen atoms in total. The van der Waals surface area contributed by atoms with Gasteiger partial charge in [-0.25, -0.2) is 4.79 Å². The molecule has 1 fully saturated rings. The van der Waals surface area contributed by atoms with Crippen molar-refractivity contribution in [3.05, 3.63) is 56.8 Å². The van der Waals surface area contributed by atoms with Gasteiger partial charge < -0.3 is 10.4 Å². The lowest BCUT2D eigenvalue weighted by atomic mass is 10.0. The summed E-state index contributed by atoms with van der Waals surface area (Å²) in [6, 6.07) is 6.69. The highest BCUT2D eigenvalue weighted by Gasteiger charge is 2.46. The average Bonchev–Trinajstić information content (AvgIpc) is 3.17. The number of carboxylic acids is 1. The fraction of sp³-hybridized carbons (Fsp3) is 0.368. The summed E-state index contributed by atoms with van der Waals surface area (Å²) in [6.07, 6.45) is 0.798. The zero-order valence-electron chi connectivity index (χ0n) is 14.0. The summed E-state index contributed by atoms with van der Waals surface area (Å²) in [5.74, 6) is -1.08. The van der Waals surface area contributed by atoms with E-state index in [1.165, 1.54) is 10.4 Å². The highest BCUT2D eigenvalue weighted by Crippen LogP contribution is 2.50. The molecule has 1 aliphatic carbocycles. The Bertz CT molecular complexity index is 775. The SMILES string of the molecule is Cc1cc(C)cc(C(NC(=O)C2CC2c2sccc2C)C(=O)O)c1. The minimum absolute atomic E-state index is 0.116. The number of benzene rings is 1. The number of aryl methyl sites for hydroxylation is 3. The largest absolute Gasteiger partial charge is 0.479 e. The summed E-state index contributed by atoms with van der Waals surface area (Å²) in [4.78, 5) is 25.4. The topological polar surface area (TPSA) is 66.4 Å². The molecule has 1 saturated carbocycles. The fourth-order valence-electron chi connectivity index (χ4n) is 3.25. The number of thiophene rings is 1. The lowest BCUT2D eigenvalue weighted by Gasteiger charge is -2.16. The normalized spacial score (nSPS) is 20.5. The molecule has 3 unspecified atom stereocenters. The van der Waals surface area contributed by atoms with Crippen LogP contribution in [-0.2, 0) is 9.59 Å². The Morgan fingerprint density at radius 3 is 2.42 bits per heavy atom. The van der Waals surface area contributed by atoms with Gasteiger partial charge in [0.1, 0.15) is 0 Å². The third kappa shape index (κ3) is 3.36. The molecule has 1 aromatic heterocycles. The first kappa shape index (κ1) is 16.7. The first-order valence-electron chi connectivity index (χ1n) is 8.02. The first-order valence-corrected chi connectivity index (χ1v) is 8.90. The van der Waals surface area contributed by atoms with E-state index in [-0.39, 0.29) is 17.7 Å². The molecule has 126 valence electrons. The van der Waals surface area contributed by atoms with Crippen LogP contribution >= 0.6 is 11.3 Å². The molecule has 3 atom stereocenters. The van der Waals surface area contributed by atoms with Gasteiger partial charge in [0, 0.05) is 16.7 Å². The first-order chi connectivity index (χ1) is 11.4. The van der Waals surface area contributed by atoms with Crippen LogP contribution in [0.15, 0.2) is 29.6 Å². The van der Waals surface area contributed by atoms with Crippen LogP contribution in [0.2, 0.25) is 0 Å². The monoisotopic (exact) mass is 343 g/mol. The molecule has 0 spiro atoms. The van der Waals surface area contributed by atoms with E-state index in [2.05, 4.69) is 18.3 Å². The summed E-state index contributed by atoms with van der Waals surface area (Å²) in [5.41, 5.74) is 3.82. The molecule has 24 heavy (non-hydrogen) atoms. The van der Waals surface area contributed by atoms with Gasteiger partial charge in [0.05, 0.1) is 0 Å². The molecular weight excluding hydrogens is 322 g/mol. The third-order valence-corrected chi connectivity index (χ3v) is 5.63. The van der Waals surface area contributed by atoms with Gasteiger partial charge >= 0.3 is 5.97 Å². The molecule has 0 bridgehead atoms. The number of carbonyl (C=O) groups is 2. The van der Waals surface area contributed by atoms with Gasteiger partial charge in [-0.3, -0.25) is 4.79 Å². The molecule has 1 aliphatic rings.